The van der Waals surface area contributed by atoms with Crippen molar-refractivity contribution in [3.05, 3.63) is 0 Å². The summed E-state index contributed by atoms with van der Waals surface area (Å²) in [5.74, 6) is 0. The molecule has 102 valence electrons. The van der Waals surface area contributed by atoms with Crippen LogP contribution in [-0.4, -0.2) is 37.6 Å². The van der Waals surface area contributed by atoms with Gasteiger partial charge in [0.05, 0.1) is 13.2 Å². The van der Waals surface area contributed by atoms with Crippen LogP contribution < -0.4 is 5.32 Å². The van der Waals surface area contributed by atoms with Crippen LogP contribution in [0.2, 0.25) is 0 Å². The quantitative estimate of drug-likeness (QED) is 0.765. The Morgan fingerprint density at radius 3 is 2.47 bits per heavy atom. The molecule has 1 rings (SSSR count). The van der Waals surface area contributed by atoms with Crippen LogP contribution >= 0.6 is 0 Å². The summed E-state index contributed by atoms with van der Waals surface area (Å²) < 4.78 is 55.0. The molecular formula is C11H19F4NO. The van der Waals surface area contributed by atoms with E-state index in [-0.39, 0.29) is 25.3 Å². The van der Waals surface area contributed by atoms with Gasteiger partial charge in [0.25, 0.3) is 0 Å². The van der Waals surface area contributed by atoms with Crippen molar-refractivity contribution in [2.24, 2.45) is 0 Å². The van der Waals surface area contributed by atoms with E-state index in [4.69, 9.17) is 4.74 Å². The first kappa shape index (κ1) is 14.7. The summed E-state index contributed by atoms with van der Waals surface area (Å²) >= 11 is 0. The summed E-state index contributed by atoms with van der Waals surface area (Å²) in [5, 5.41) is 3.09. The van der Waals surface area contributed by atoms with E-state index >= 15 is 0 Å². The van der Waals surface area contributed by atoms with Crippen LogP contribution in [0.3, 0.4) is 0 Å². The lowest BCUT2D eigenvalue weighted by Gasteiger charge is -2.30. The zero-order valence-electron chi connectivity index (χ0n) is 9.95. The lowest BCUT2D eigenvalue weighted by atomic mass is 9.93. The Bertz CT molecular complexity index is 224. The monoisotopic (exact) mass is 257 g/mol. The van der Waals surface area contributed by atoms with Crippen molar-refractivity contribution < 1.29 is 22.3 Å². The molecule has 0 aromatic carbocycles. The molecule has 2 nitrogen and oxygen atoms in total. The molecule has 17 heavy (non-hydrogen) atoms. The normalized spacial score (nSPS) is 25.6. The van der Waals surface area contributed by atoms with Crippen molar-refractivity contribution >= 4 is 0 Å². The van der Waals surface area contributed by atoms with E-state index in [0.29, 0.717) is 19.8 Å². The molecule has 0 aliphatic carbocycles. The van der Waals surface area contributed by atoms with Crippen LogP contribution in [0.1, 0.15) is 32.6 Å². The molecule has 1 heterocycles. The van der Waals surface area contributed by atoms with Gasteiger partial charge in [-0.2, -0.15) is 13.2 Å². The number of hydrogen-bond donors (Lipinski definition) is 1. The molecule has 0 amide bonds. The highest BCUT2D eigenvalue weighted by Gasteiger charge is 2.32. The second-order valence-corrected chi connectivity index (χ2v) is 4.81. The number of rotatable bonds is 5. The van der Waals surface area contributed by atoms with Gasteiger partial charge in [0.2, 0.25) is 0 Å². The number of alkyl halides is 4. The van der Waals surface area contributed by atoms with E-state index < -0.39 is 18.3 Å². The van der Waals surface area contributed by atoms with E-state index in [1.807, 2.05) is 0 Å². The molecule has 6 heteroatoms. The molecule has 0 bridgehead atoms. The first-order valence-corrected chi connectivity index (χ1v) is 5.85. The molecule has 0 aromatic heterocycles. The second kappa shape index (κ2) is 6.00. The summed E-state index contributed by atoms with van der Waals surface area (Å²) in [6.45, 7) is 3.06. The molecule has 2 atom stereocenters. The summed E-state index contributed by atoms with van der Waals surface area (Å²) in [4.78, 5) is 0. The van der Waals surface area contributed by atoms with Gasteiger partial charge in [-0.1, -0.05) is 0 Å². The van der Waals surface area contributed by atoms with Crippen LogP contribution in [0.4, 0.5) is 17.6 Å². The Hall–Kier alpha value is -0.360. The van der Waals surface area contributed by atoms with Gasteiger partial charge in [-0.05, 0) is 26.2 Å². The molecule has 1 aliphatic heterocycles. The van der Waals surface area contributed by atoms with E-state index in [9.17, 15) is 17.6 Å². The van der Waals surface area contributed by atoms with Gasteiger partial charge in [-0.15, -0.1) is 0 Å². The maximum absolute atomic E-state index is 14.0. The van der Waals surface area contributed by atoms with Crippen molar-refractivity contribution in [3.8, 4) is 0 Å². The third-order valence-electron chi connectivity index (χ3n) is 2.83. The molecule has 0 radical (unpaired) electrons. The Kier molecular flexibility index (Phi) is 5.19. The topological polar surface area (TPSA) is 21.3 Å². The highest BCUT2D eigenvalue weighted by molar-refractivity contribution is 4.82. The van der Waals surface area contributed by atoms with Gasteiger partial charge in [0.15, 0.2) is 0 Å². The maximum Gasteiger partial charge on any atom is 0.389 e. The largest absolute Gasteiger partial charge is 0.389 e. The zero-order chi connectivity index (χ0) is 12.9. The van der Waals surface area contributed by atoms with Gasteiger partial charge in [0, 0.05) is 19.0 Å². The van der Waals surface area contributed by atoms with E-state index in [1.54, 1.807) is 0 Å². The summed E-state index contributed by atoms with van der Waals surface area (Å²) in [6, 6.07) is -0.0929. The molecule has 0 saturated carbocycles. The third kappa shape index (κ3) is 6.83. The highest BCUT2D eigenvalue weighted by atomic mass is 19.4. The maximum atomic E-state index is 14.0. The van der Waals surface area contributed by atoms with Crippen molar-refractivity contribution in [3.63, 3.8) is 0 Å². The summed E-state index contributed by atoms with van der Waals surface area (Å²) in [6.07, 6.45) is -5.14. The fourth-order valence-electron chi connectivity index (χ4n) is 2.02. The van der Waals surface area contributed by atoms with Gasteiger partial charge in [0.1, 0.15) is 5.67 Å². The molecule has 1 saturated heterocycles. The van der Waals surface area contributed by atoms with Crippen LogP contribution in [0.25, 0.3) is 0 Å². The van der Waals surface area contributed by atoms with Crippen molar-refractivity contribution in [1.29, 1.82) is 0 Å². The van der Waals surface area contributed by atoms with E-state index in [1.165, 1.54) is 6.92 Å². The average molecular weight is 257 g/mol. The van der Waals surface area contributed by atoms with E-state index in [2.05, 4.69) is 5.32 Å². The fraction of sp³-hybridized carbons (Fsp3) is 1.00. The van der Waals surface area contributed by atoms with Crippen LogP contribution in [0.15, 0.2) is 0 Å². The molecule has 1 fully saturated rings. The minimum Gasteiger partial charge on any atom is -0.379 e. The average Bonchev–Trinajstić information content (AvgIpc) is 2.15. The van der Waals surface area contributed by atoms with Gasteiger partial charge in [-0.3, -0.25) is 0 Å². The minimum atomic E-state index is -4.19. The predicted molar refractivity (Wildman–Crippen MR) is 56.6 cm³/mol. The molecule has 1 N–H and O–H groups in total. The predicted octanol–water partition coefficient (Wildman–Crippen LogP) is 2.83. The Labute approximate surface area is 98.7 Å². The lowest BCUT2D eigenvalue weighted by Crippen LogP contribution is -2.44. The highest BCUT2D eigenvalue weighted by Crippen LogP contribution is 2.29. The van der Waals surface area contributed by atoms with Gasteiger partial charge >= 0.3 is 6.18 Å². The lowest BCUT2D eigenvalue weighted by molar-refractivity contribution is -0.136. The van der Waals surface area contributed by atoms with Crippen LogP contribution in [-0.2, 0) is 4.74 Å². The van der Waals surface area contributed by atoms with Gasteiger partial charge in [-0.25, -0.2) is 4.39 Å². The zero-order valence-corrected chi connectivity index (χ0v) is 9.95. The molecule has 0 aromatic rings. The molecule has 2 unspecified atom stereocenters. The number of hydrogen-bond acceptors (Lipinski definition) is 2. The SMILES string of the molecule is CC(F)(CCCC(F)(F)F)CC1COCCN1. The standard InChI is InChI=1S/C11H19F4NO/c1-10(12,3-2-4-11(13,14)15)7-9-8-17-6-5-16-9/h9,16H,2-8H2,1H3. The number of halogens is 4. The van der Waals surface area contributed by atoms with Crippen LogP contribution in [0, 0.1) is 0 Å². The Balaban J connectivity index is 2.24. The first-order chi connectivity index (χ1) is 7.79. The number of ether oxygens (including phenoxy) is 1. The first-order valence-electron chi connectivity index (χ1n) is 5.85. The molecular weight excluding hydrogens is 238 g/mol. The minimum absolute atomic E-state index is 0.0648. The van der Waals surface area contributed by atoms with Crippen LogP contribution in [0.5, 0.6) is 0 Å². The van der Waals surface area contributed by atoms with Crippen molar-refractivity contribution in [2.75, 3.05) is 19.8 Å². The fourth-order valence-corrected chi connectivity index (χ4v) is 2.02. The molecule has 0 spiro atoms. The second-order valence-electron chi connectivity index (χ2n) is 4.81. The number of nitrogens with one attached hydrogen (secondary N) is 1. The van der Waals surface area contributed by atoms with Gasteiger partial charge < -0.3 is 10.1 Å². The molecule has 1 aliphatic rings. The summed E-state index contributed by atoms with van der Waals surface area (Å²) in [5.41, 5.74) is -1.57. The Morgan fingerprint density at radius 1 is 1.24 bits per heavy atom. The van der Waals surface area contributed by atoms with Crippen molar-refractivity contribution in [2.45, 2.75) is 50.5 Å². The summed E-state index contributed by atoms with van der Waals surface area (Å²) in [7, 11) is 0. The third-order valence-corrected chi connectivity index (χ3v) is 2.83. The van der Waals surface area contributed by atoms with Crippen molar-refractivity contribution in [1.82, 2.24) is 5.32 Å². The number of morpholine rings is 1. The Morgan fingerprint density at radius 2 is 1.94 bits per heavy atom. The smallest absolute Gasteiger partial charge is 0.379 e. The van der Waals surface area contributed by atoms with E-state index in [0.717, 1.165) is 0 Å².